The lowest BCUT2D eigenvalue weighted by Crippen LogP contribution is -2.25. The van der Waals surface area contributed by atoms with Gasteiger partial charge >= 0.3 is 5.91 Å². The summed E-state index contributed by atoms with van der Waals surface area (Å²) in [5.74, 6) is 0.611. The maximum atomic E-state index is 12.0. The lowest BCUT2D eigenvalue weighted by molar-refractivity contribution is 0.0922. The highest BCUT2D eigenvalue weighted by atomic mass is 16.5. The number of hydrogen-bond donors (Lipinski definition) is 1. The number of hydrogen-bond acceptors (Lipinski definition) is 4. The van der Waals surface area contributed by atoms with Crippen LogP contribution in [0.3, 0.4) is 0 Å². The summed E-state index contributed by atoms with van der Waals surface area (Å²) in [5, 5.41) is 2.81. The van der Waals surface area contributed by atoms with Crippen molar-refractivity contribution in [3.05, 3.63) is 60.0 Å². The van der Waals surface area contributed by atoms with Crippen LogP contribution in [0.1, 0.15) is 16.2 Å². The van der Waals surface area contributed by atoms with Crippen LogP contribution in [0.2, 0.25) is 0 Å². The maximum absolute atomic E-state index is 12.0. The Labute approximate surface area is 127 Å². The zero-order valence-electron chi connectivity index (χ0n) is 12.2. The normalized spacial score (nSPS) is 10.6. The van der Waals surface area contributed by atoms with Crippen molar-refractivity contribution in [1.29, 1.82) is 0 Å². The van der Waals surface area contributed by atoms with Gasteiger partial charge in [-0.2, -0.15) is 0 Å². The number of ether oxygens (including phenoxy) is 1. The van der Waals surface area contributed by atoms with Crippen LogP contribution in [-0.4, -0.2) is 24.5 Å². The second-order valence-electron chi connectivity index (χ2n) is 4.84. The lowest BCUT2D eigenvalue weighted by Gasteiger charge is -2.04. The van der Waals surface area contributed by atoms with Crippen LogP contribution in [0, 0.1) is 0 Å². The van der Waals surface area contributed by atoms with Crippen LogP contribution in [0.25, 0.3) is 11.1 Å². The molecule has 112 valence electrons. The third-order valence-corrected chi connectivity index (χ3v) is 3.35. The molecule has 0 atom stereocenters. The van der Waals surface area contributed by atoms with Crippen molar-refractivity contribution in [1.82, 2.24) is 10.3 Å². The molecule has 1 N–H and O–H groups in total. The van der Waals surface area contributed by atoms with Crippen molar-refractivity contribution < 1.29 is 13.9 Å². The van der Waals surface area contributed by atoms with E-state index in [1.165, 1.54) is 0 Å². The Kier molecular flexibility index (Phi) is 4.05. The number of para-hydroxylation sites is 2. The van der Waals surface area contributed by atoms with Crippen LogP contribution >= 0.6 is 0 Å². The first kappa shape index (κ1) is 14.1. The summed E-state index contributed by atoms with van der Waals surface area (Å²) in [7, 11) is 1.63. The Balaban J connectivity index is 1.57. The highest BCUT2D eigenvalue weighted by Gasteiger charge is 2.13. The van der Waals surface area contributed by atoms with Crippen LogP contribution in [0.5, 0.6) is 5.75 Å². The van der Waals surface area contributed by atoms with Gasteiger partial charge in [0.15, 0.2) is 5.58 Å². The van der Waals surface area contributed by atoms with Crippen molar-refractivity contribution >= 4 is 17.0 Å². The summed E-state index contributed by atoms with van der Waals surface area (Å²) < 4.78 is 10.5. The van der Waals surface area contributed by atoms with Gasteiger partial charge in [-0.25, -0.2) is 4.98 Å². The molecule has 0 bridgehead atoms. The first-order valence-corrected chi connectivity index (χ1v) is 7.03. The third-order valence-electron chi connectivity index (χ3n) is 3.35. The minimum atomic E-state index is -0.301. The van der Waals surface area contributed by atoms with Crippen LogP contribution < -0.4 is 10.1 Å². The van der Waals surface area contributed by atoms with E-state index in [1.54, 1.807) is 13.2 Å². The highest BCUT2D eigenvalue weighted by Crippen LogP contribution is 2.14. The molecule has 22 heavy (non-hydrogen) atoms. The fourth-order valence-corrected chi connectivity index (χ4v) is 2.16. The number of carbonyl (C=O) groups excluding carboxylic acids is 1. The molecule has 1 amide bonds. The number of methoxy groups -OCH3 is 1. The van der Waals surface area contributed by atoms with Crippen molar-refractivity contribution in [3.8, 4) is 5.75 Å². The van der Waals surface area contributed by atoms with Gasteiger partial charge in [0.05, 0.1) is 7.11 Å². The van der Waals surface area contributed by atoms with Gasteiger partial charge in [0.1, 0.15) is 11.3 Å². The average molecular weight is 296 g/mol. The lowest BCUT2D eigenvalue weighted by atomic mass is 10.1. The molecule has 1 heterocycles. The number of carbonyl (C=O) groups is 1. The minimum absolute atomic E-state index is 0.0935. The molecular formula is C17H16N2O3. The summed E-state index contributed by atoms with van der Waals surface area (Å²) >= 11 is 0. The van der Waals surface area contributed by atoms with Crippen molar-refractivity contribution in [2.24, 2.45) is 0 Å². The number of nitrogens with one attached hydrogen (secondary N) is 1. The van der Waals surface area contributed by atoms with Crippen molar-refractivity contribution in [2.45, 2.75) is 6.42 Å². The van der Waals surface area contributed by atoms with E-state index >= 15 is 0 Å². The molecule has 0 unspecified atom stereocenters. The molecule has 2 aromatic carbocycles. The fourth-order valence-electron chi connectivity index (χ4n) is 2.16. The van der Waals surface area contributed by atoms with Crippen molar-refractivity contribution in [3.63, 3.8) is 0 Å². The standard InChI is InChI=1S/C17H16N2O3/c1-21-13-8-6-12(7-9-13)10-11-18-16(20)17-19-14-4-2-3-5-15(14)22-17/h2-9H,10-11H2,1H3,(H,18,20). The smallest absolute Gasteiger partial charge is 0.307 e. The van der Waals surface area contributed by atoms with Gasteiger partial charge in [-0.05, 0) is 36.2 Å². The van der Waals surface area contributed by atoms with E-state index in [0.717, 1.165) is 17.7 Å². The molecule has 3 rings (SSSR count). The van der Waals surface area contributed by atoms with Crippen molar-refractivity contribution in [2.75, 3.05) is 13.7 Å². The molecule has 0 radical (unpaired) electrons. The second kappa shape index (κ2) is 6.30. The van der Waals surface area contributed by atoms with E-state index in [-0.39, 0.29) is 11.8 Å². The summed E-state index contributed by atoms with van der Waals surface area (Å²) in [6, 6.07) is 15.1. The van der Waals surface area contributed by atoms with Crippen LogP contribution in [-0.2, 0) is 6.42 Å². The molecule has 3 aromatic rings. The molecule has 5 heteroatoms. The molecule has 0 spiro atoms. The molecule has 1 aromatic heterocycles. The van der Waals surface area contributed by atoms with Gasteiger partial charge in [-0.1, -0.05) is 24.3 Å². The van der Waals surface area contributed by atoms with E-state index in [1.807, 2.05) is 42.5 Å². The number of fused-ring (bicyclic) bond motifs is 1. The second-order valence-corrected chi connectivity index (χ2v) is 4.84. The van der Waals surface area contributed by atoms with Crippen LogP contribution in [0.15, 0.2) is 52.9 Å². The van der Waals surface area contributed by atoms with Gasteiger partial charge in [-0.3, -0.25) is 4.79 Å². The Hall–Kier alpha value is -2.82. The monoisotopic (exact) mass is 296 g/mol. The number of oxazole rings is 1. The first-order chi connectivity index (χ1) is 10.8. The number of aromatic nitrogens is 1. The van der Waals surface area contributed by atoms with E-state index in [2.05, 4.69) is 10.3 Å². The number of rotatable bonds is 5. The zero-order chi connectivity index (χ0) is 15.4. The molecule has 0 aliphatic rings. The summed E-state index contributed by atoms with van der Waals surface area (Å²) in [6.45, 7) is 0.518. The van der Waals surface area contributed by atoms with E-state index in [4.69, 9.17) is 9.15 Å². The fraction of sp³-hybridized carbons (Fsp3) is 0.176. The summed E-state index contributed by atoms with van der Waals surface area (Å²) in [4.78, 5) is 16.2. The molecule has 0 aliphatic carbocycles. The number of nitrogens with zero attached hydrogens (tertiary/aromatic N) is 1. The van der Waals surface area contributed by atoms with Gasteiger partial charge in [0.25, 0.3) is 5.89 Å². The Morgan fingerprint density at radius 2 is 1.95 bits per heavy atom. The first-order valence-electron chi connectivity index (χ1n) is 7.03. The van der Waals surface area contributed by atoms with E-state index < -0.39 is 0 Å². The quantitative estimate of drug-likeness (QED) is 0.786. The third kappa shape index (κ3) is 3.09. The predicted molar refractivity (Wildman–Crippen MR) is 83.0 cm³/mol. The largest absolute Gasteiger partial charge is 0.497 e. The van der Waals surface area contributed by atoms with Gasteiger partial charge in [0, 0.05) is 6.54 Å². The Morgan fingerprint density at radius 1 is 1.18 bits per heavy atom. The predicted octanol–water partition coefficient (Wildman–Crippen LogP) is 2.81. The van der Waals surface area contributed by atoms with Crippen LogP contribution in [0.4, 0.5) is 0 Å². The average Bonchev–Trinajstić information content (AvgIpc) is 2.99. The van der Waals surface area contributed by atoms with E-state index in [9.17, 15) is 4.79 Å². The van der Waals surface area contributed by atoms with Gasteiger partial charge in [-0.15, -0.1) is 0 Å². The molecule has 0 saturated carbocycles. The Bertz CT molecular complexity index is 745. The highest BCUT2D eigenvalue weighted by molar-refractivity contribution is 5.92. The molecular weight excluding hydrogens is 280 g/mol. The Morgan fingerprint density at radius 3 is 2.68 bits per heavy atom. The summed E-state index contributed by atoms with van der Waals surface area (Å²) in [5.41, 5.74) is 2.42. The number of amides is 1. The molecule has 0 aliphatic heterocycles. The minimum Gasteiger partial charge on any atom is -0.497 e. The number of benzene rings is 2. The topological polar surface area (TPSA) is 64.4 Å². The van der Waals surface area contributed by atoms with Gasteiger partial charge in [0.2, 0.25) is 0 Å². The zero-order valence-corrected chi connectivity index (χ0v) is 12.2. The van der Waals surface area contributed by atoms with E-state index in [0.29, 0.717) is 17.6 Å². The molecule has 0 saturated heterocycles. The van der Waals surface area contributed by atoms with Gasteiger partial charge < -0.3 is 14.5 Å². The molecule has 0 fully saturated rings. The maximum Gasteiger partial charge on any atom is 0.307 e. The summed E-state index contributed by atoms with van der Waals surface area (Å²) in [6.07, 6.45) is 0.732. The molecule has 5 nitrogen and oxygen atoms in total. The SMILES string of the molecule is COc1ccc(CCNC(=O)c2nc3ccccc3o2)cc1.